The lowest BCUT2D eigenvalue weighted by Gasteiger charge is -2.20. The van der Waals surface area contributed by atoms with E-state index in [2.05, 4.69) is 10.4 Å². The van der Waals surface area contributed by atoms with Crippen LogP contribution in [0.2, 0.25) is 0 Å². The Bertz CT molecular complexity index is 596. The number of hydrogen-bond acceptors (Lipinski definition) is 3. The van der Waals surface area contributed by atoms with E-state index in [1.54, 1.807) is 0 Å². The van der Waals surface area contributed by atoms with Gasteiger partial charge in [0.25, 0.3) is 0 Å². The van der Waals surface area contributed by atoms with Crippen molar-refractivity contribution in [3.63, 3.8) is 0 Å². The van der Waals surface area contributed by atoms with Crippen LogP contribution >= 0.6 is 0 Å². The molecule has 0 amide bonds. The van der Waals surface area contributed by atoms with Crippen LogP contribution in [-0.2, 0) is 18.3 Å². The van der Waals surface area contributed by atoms with Crippen LogP contribution in [0.1, 0.15) is 18.5 Å². The predicted octanol–water partition coefficient (Wildman–Crippen LogP) is 1.68. The molecule has 0 unspecified atom stereocenters. The first-order valence-corrected chi connectivity index (χ1v) is 6.90. The van der Waals surface area contributed by atoms with Gasteiger partial charge in [-0.25, -0.2) is 0 Å². The molecule has 1 fully saturated rings. The van der Waals surface area contributed by atoms with E-state index < -0.39 is 0 Å². The number of nitrogens with zero attached hydrogens (tertiary/aromatic N) is 2. The van der Waals surface area contributed by atoms with E-state index in [0.29, 0.717) is 12.2 Å². The smallest absolute Gasteiger partial charge is 0.142 e. The lowest BCUT2D eigenvalue weighted by Crippen LogP contribution is -2.32. The van der Waals surface area contributed by atoms with Crippen LogP contribution in [0.15, 0.2) is 24.3 Å². The van der Waals surface area contributed by atoms with E-state index in [1.807, 2.05) is 36.0 Å². The van der Waals surface area contributed by atoms with Crippen molar-refractivity contribution in [1.82, 2.24) is 15.1 Å². The minimum absolute atomic E-state index is 0.210. The molecule has 2 aromatic rings. The van der Waals surface area contributed by atoms with Gasteiger partial charge in [0, 0.05) is 18.4 Å². The summed E-state index contributed by atoms with van der Waals surface area (Å²) in [4.78, 5) is 12.3. The lowest BCUT2D eigenvalue weighted by molar-refractivity contribution is -0.122. The molecule has 1 aromatic heterocycles. The molecule has 4 nitrogen and oxygen atoms in total. The third-order valence-corrected chi connectivity index (χ3v) is 3.97. The Morgan fingerprint density at radius 1 is 1.37 bits per heavy atom. The minimum Gasteiger partial charge on any atom is -0.317 e. The van der Waals surface area contributed by atoms with Crippen molar-refractivity contribution < 1.29 is 4.79 Å². The number of Topliss-reactive ketones (excluding diaryl/α,β-unsaturated/α-hetero) is 1. The summed E-state index contributed by atoms with van der Waals surface area (Å²) in [7, 11) is 1.93. The summed E-state index contributed by atoms with van der Waals surface area (Å²) in [5, 5.41) is 8.90. The largest absolute Gasteiger partial charge is 0.317 e. The van der Waals surface area contributed by atoms with Crippen molar-refractivity contribution in [2.75, 3.05) is 13.1 Å². The molecular weight excluding hydrogens is 238 g/mol. The van der Waals surface area contributed by atoms with E-state index in [1.165, 1.54) is 0 Å². The zero-order chi connectivity index (χ0) is 13.2. The molecule has 1 aliphatic rings. The Balaban J connectivity index is 1.83. The highest BCUT2D eigenvalue weighted by molar-refractivity contribution is 5.89. The summed E-state index contributed by atoms with van der Waals surface area (Å²) < 4.78 is 1.86. The average Bonchev–Trinajstić information content (AvgIpc) is 2.77. The fourth-order valence-electron chi connectivity index (χ4n) is 2.87. The zero-order valence-corrected chi connectivity index (χ0v) is 11.2. The van der Waals surface area contributed by atoms with Gasteiger partial charge >= 0.3 is 0 Å². The Kier molecular flexibility index (Phi) is 3.34. The van der Waals surface area contributed by atoms with Crippen LogP contribution in [0.3, 0.4) is 0 Å². The molecule has 0 spiro atoms. The van der Waals surface area contributed by atoms with Gasteiger partial charge < -0.3 is 5.32 Å². The number of hydrogen-bond donors (Lipinski definition) is 1. The van der Waals surface area contributed by atoms with Crippen molar-refractivity contribution in [2.24, 2.45) is 13.0 Å². The van der Waals surface area contributed by atoms with Crippen LogP contribution in [0.25, 0.3) is 10.9 Å². The number of rotatable bonds is 3. The Hall–Kier alpha value is -1.68. The SMILES string of the molecule is Cn1nc(CC(=O)C2CCNCC2)c2ccccc21. The van der Waals surface area contributed by atoms with E-state index in [0.717, 1.165) is 42.5 Å². The molecule has 0 saturated carbocycles. The summed E-state index contributed by atoms with van der Waals surface area (Å²) >= 11 is 0. The molecule has 1 aromatic carbocycles. The van der Waals surface area contributed by atoms with Gasteiger partial charge in [0.05, 0.1) is 17.6 Å². The molecule has 0 radical (unpaired) electrons. The van der Waals surface area contributed by atoms with E-state index in [9.17, 15) is 4.79 Å². The van der Waals surface area contributed by atoms with Crippen molar-refractivity contribution in [3.8, 4) is 0 Å². The highest BCUT2D eigenvalue weighted by atomic mass is 16.1. The first-order chi connectivity index (χ1) is 9.25. The molecule has 4 heteroatoms. The number of benzene rings is 1. The molecule has 1 saturated heterocycles. The van der Waals surface area contributed by atoms with Gasteiger partial charge in [-0.05, 0) is 32.0 Å². The quantitative estimate of drug-likeness (QED) is 0.910. The van der Waals surface area contributed by atoms with E-state index in [4.69, 9.17) is 0 Å². The number of ketones is 1. The fourth-order valence-corrected chi connectivity index (χ4v) is 2.87. The van der Waals surface area contributed by atoms with E-state index >= 15 is 0 Å². The fraction of sp³-hybridized carbons (Fsp3) is 0.467. The maximum absolute atomic E-state index is 12.3. The lowest BCUT2D eigenvalue weighted by atomic mass is 9.91. The third kappa shape index (κ3) is 2.40. The van der Waals surface area contributed by atoms with Crippen LogP contribution in [0.4, 0.5) is 0 Å². The molecule has 3 rings (SSSR count). The summed E-state index contributed by atoms with van der Waals surface area (Å²) in [5.74, 6) is 0.548. The van der Waals surface area contributed by atoms with Gasteiger partial charge in [-0.2, -0.15) is 5.10 Å². The normalized spacial score (nSPS) is 16.9. The standard InChI is InChI=1S/C15H19N3O/c1-18-14-5-3-2-4-12(14)13(17-18)10-15(19)11-6-8-16-9-7-11/h2-5,11,16H,6-10H2,1H3. The number of aromatic nitrogens is 2. The first-order valence-electron chi connectivity index (χ1n) is 6.90. The van der Waals surface area contributed by atoms with Gasteiger partial charge in [-0.1, -0.05) is 18.2 Å². The van der Waals surface area contributed by atoms with Crippen LogP contribution in [0.5, 0.6) is 0 Å². The third-order valence-electron chi connectivity index (χ3n) is 3.97. The number of nitrogens with one attached hydrogen (secondary N) is 1. The van der Waals surface area contributed by atoms with Crippen LogP contribution in [-0.4, -0.2) is 28.7 Å². The van der Waals surface area contributed by atoms with Crippen LogP contribution < -0.4 is 5.32 Å². The first kappa shape index (κ1) is 12.4. The number of aryl methyl sites for hydroxylation is 1. The number of para-hydroxylation sites is 1. The van der Waals surface area contributed by atoms with Crippen molar-refractivity contribution in [3.05, 3.63) is 30.0 Å². The molecule has 19 heavy (non-hydrogen) atoms. The highest BCUT2D eigenvalue weighted by Gasteiger charge is 2.22. The second-order valence-corrected chi connectivity index (χ2v) is 5.25. The molecule has 0 bridgehead atoms. The second kappa shape index (κ2) is 5.13. The maximum Gasteiger partial charge on any atom is 0.142 e. The second-order valence-electron chi connectivity index (χ2n) is 5.25. The zero-order valence-electron chi connectivity index (χ0n) is 11.2. The van der Waals surface area contributed by atoms with Gasteiger partial charge in [0.2, 0.25) is 0 Å². The monoisotopic (exact) mass is 257 g/mol. The Labute approximate surface area is 112 Å². The van der Waals surface area contributed by atoms with Gasteiger partial charge in [-0.15, -0.1) is 0 Å². The predicted molar refractivity (Wildman–Crippen MR) is 75.0 cm³/mol. The molecule has 100 valence electrons. The van der Waals surface area contributed by atoms with E-state index in [-0.39, 0.29) is 5.92 Å². The summed E-state index contributed by atoms with van der Waals surface area (Å²) in [6.07, 6.45) is 2.39. The Morgan fingerprint density at radius 3 is 2.89 bits per heavy atom. The van der Waals surface area contributed by atoms with Crippen LogP contribution in [0, 0.1) is 5.92 Å². The van der Waals surface area contributed by atoms with Gasteiger partial charge in [0.15, 0.2) is 0 Å². The molecule has 0 aliphatic carbocycles. The minimum atomic E-state index is 0.210. The molecule has 1 aliphatic heterocycles. The molecule has 2 heterocycles. The van der Waals surface area contributed by atoms with Gasteiger partial charge in [-0.3, -0.25) is 9.48 Å². The molecular formula is C15H19N3O. The van der Waals surface area contributed by atoms with Gasteiger partial charge in [0.1, 0.15) is 5.78 Å². The summed E-state index contributed by atoms with van der Waals surface area (Å²) in [5.41, 5.74) is 2.01. The number of carbonyl (C=O) groups excluding carboxylic acids is 1. The number of fused-ring (bicyclic) bond motifs is 1. The van der Waals surface area contributed by atoms with Crippen molar-refractivity contribution in [1.29, 1.82) is 0 Å². The topological polar surface area (TPSA) is 46.9 Å². The molecule has 1 N–H and O–H groups in total. The average molecular weight is 257 g/mol. The summed E-state index contributed by atoms with van der Waals surface area (Å²) in [6.45, 7) is 1.92. The number of carbonyl (C=O) groups is 1. The number of piperidine rings is 1. The highest BCUT2D eigenvalue weighted by Crippen LogP contribution is 2.21. The maximum atomic E-state index is 12.3. The summed E-state index contributed by atoms with van der Waals surface area (Å²) in [6, 6.07) is 8.10. The van der Waals surface area contributed by atoms with Crippen molar-refractivity contribution in [2.45, 2.75) is 19.3 Å². The van der Waals surface area contributed by atoms with Crippen molar-refractivity contribution >= 4 is 16.7 Å². The Morgan fingerprint density at radius 2 is 2.11 bits per heavy atom. The molecule has 0 atom stereocenters.